The Kier molecular flexibility index (Phi) is 4.91. The molecule has 18 heavy (non-hydrogen) atoms. The first-order chi connectivity index (χ1) is 8.48. The summed E-state index contributed by atoms with van der Waals surface area (Å²) in [5, 5.41) is 9.65. The summed E-state index contributed by atoms with van der Waals surface area (Å²) in [5.41, 5.74) is -0.148. The van der Waals surface area contributed by atoms with E-state index in [0.717, 1.165) is 18.4 Å². The Morgan fingerprint density at radius 2 is 1.78 bits per heavy atom. The lowest BCUT2D eigenvalue weighted by Crippen LogP contribution is -2.52. The summed E-state index contributed by atoms with van der Waals surface area (Å²) >= 11 is 0. The number of carboxylic acids is 1. The highest BCUT2D eigenvalue weighted by molar-refractivity contribution is 5.80. The van der Waals surface area contributed by atoms with Crippen LogP contribution in [0.5, 0.6) is 0 Å². The summed E-state index contributed by atoms with van der Waals surface area (Å²) < 4.78 is 0. The lowest BCUT2D eigenvalue weighted by molar-refractivity contribution is -0.152. The smallest absolute Gasteiger partial charge is 0.328 e. The van der Waals surface area contributed by atoms with Crippen molar-refractivity contribution in [1.82, 2.24) is 4.90 Å². The van der Waals surface area contributed by atoms with E-state index in [4.69, 9.17) is 0 Å². The number of hydrogen-bond donors (Lipinski definition) is 1. The molecule has 0 radical (unpaired) electrons. The van der Waals surface area contributed by atoms with Crippen LogP contribution in [0.4, 0.5) is 0 Å². The Morgan fingerprint density at radius 3 is 2.17 bits per heavy atom. The highest BCUT2D eigenvalue weighted by atomic mass is 16.4. The molecule has 0 aliphatic rings. The van der Waals surface area contributed by atoms with Crippen molar-refractivity contribution in [3.63, 3.8) is 0 Å². The predicted octanol–water partition coefficient (Wildman–Crippen LogP) is 3.11. The third kappa shape index (κ3) is 2.56. The first kappa shape index (κ1) is 14.7. The number of aliphatic carboxylic acids is 1. The number of nitrogens with zero attached hydrogens (tertiary/aromatic N) is 1. The Morgan fingerprint density at radius 1 is 1.28 bits per heavy atom. The van der Waals surface area contributed by atoms with E-state index in [1.54, 1.807) is 6.92 Å². The summed E-state index contributed by atoms with van der Waals surface area (Å²) in [6.07, 6.45) is 1.89. The molecule has 100 valence electrons. The van der Waals surface area contributed by atoms with E-state index >= 15 is 0 Å². The molecule has 1 rings (SSSR count). The Balaban J connectivity index is 3.20. The van der Waals surface area contributed by atoms with Gasteiger partial charge in [0, 0.05) is 6.04 Å². The molecule has 0 saturated heterocycles. The van der Waals surface area contributed by atoms with Crippen molar-refractivity contribution < 1.29 is 9.90 Å². The quantitative estimate of drug-likeness (QED) is 0.842. The van der Waals surface area contributed by atoms with Crippen molar-refractivity contribution in [3.8, 4) is 0 Å². The molecule has 1 aromatic rings. The van der Waals surface area contributed by atoms with E-state index in [9.17, 15) is 9.90 Å². The fourth-order valence-electron chi connectivity index (χ4n) is 2.44. The van der Waals surface area contributed by atoms with Crippen LogP contribution >= 0.6 is 0 Å². The summed E-state index contributed by atoms with van der Waals surface area (Å²) in [6.45, 7) is 5.97. The van der Waals surface area contributed by atoms with Crippen LogP contribution in [0.25, 0.3) is 0 Å². The first-order valence-electron chi connectivity index (χ1n) is 6.50. The second kappa shape index (κ2) is 6.01. The van der Waals surface area contributed by atoms with Crippen molar-refractivity contribution in [2.45, 2.75) is 45.2 Å². The van der Waals surface area contributed by atoms with Gasteiger partial charge >= 0.3 is 5.97 Å². The third-order valence-corrected chi connectivity index (χ3v) is 3.95. The van der Waals surface area contributed by atoms with Gasteiger partial charge in [0.05, 0.1) is 0 Å². The Bertz CT molecular complexity index is 387. The van der Waals surface area contributed by atoms with E-state index in [2.05, 4.69) is 13.8 Å². The molecule has 3 nitrogen and oxygen atoms in total. The van der Waals surface area contributed by atoms with Gasteiger partial charge in [0.15, 0.2) is 0 Å². The second-order valence-corrected chi connectivity index (χ2v) is 4.82. The molecule has 1 atom stereocenters. The number of hydrogen-bond acceptors (Lipinski definition) is 2. The zero-order valence-electron chi connectivity index (χ0n) is 11.7. The average Bonchev–Trinajstić information content (AvgIpc) is 2.39. The number of carboxylic acid groups (broad SMARTS) is 1. The van der Waals surface area contributed by atoms with Gasteiger partial charge in [-0.3, -0.25) is 4.90 Å². The van der Waals surface area contributed by atoms with Gasteiger partial charge in [0.2, 0.25) is 0 Å². The van der Waals surface area contributed by atoms with Crippen LogP contribution in [0.3, 0.4) is 0 Å². The number of rotatable bonds is 6. The molecule has 1 aromatic carbocycles. The largest absolute Gasteiger partial charge is 0.480 e. The van der Waals surface area contributed by atoms with E-state index < -0.39 is 11.5 Å². The fourth-order valence-corrected chi connectivity index (χ4v) is 2.44. The molecule has 0 heterocycles. The molecule has 1 N–H and O–H groups in total. The fraction of sp³-hybridized carbons (Fsp3) is 0.533. The molecule has 0 aromatic heterocycles. The van der Waals surface area contributed by atoms with Gasteiger partial charge in [0.25, 0.3) is 0 Å². The van der Waals surface area contributed by atoms with E-state index in [-0.39, 0.29) is 6.04 Å². The van der Waals surface area contributed by atoms with Crippen LogP contribution in [0.15, 0.2) is 30.3 Å². The average molecular weight is 249 g/mol. The Hall–Kier alpha value is -1.35. The van der Waals surface area contributed by atoms with Crippen LogP contribution in [-0.4, -0.2) is 29.1 Å². The van der Waals surface area contributed by atoms with Gasteiger partial charge in [-0.05, 0) is 32.4 Å². The van der Waals surface area contributed by atoms with Crippen LogP contribution in [0.1, 0.15) is 39.2 Å². The molecule has 0 amide bonds. The Labute approximate surface area is 109 Å². The van der Waals surface area contributed by atoms with Gasteiger partial charge in [-0.25, -0.2) is 4.79 Å². The van der Waals surface area contributed by atoms with Crippen molar-refractivity contribution in [2.24, 2.45) is 0 Å². The molecule has 0 spiro atoms. The lowest BCUT2D eigenvalue weighted by Gasteiger charge is -2.40. The van der Waals surface area contributed by atoms with Gasteiger partial charge in [-0.2, -0.15) is 0 Å². The molecule has 0 fully saturated rings. The van der Waals surface area contributed by atoms with Crippen LogP contribution in [0, 0.1) is 0 Å². The minimum absolute atomic E-state index is 0.270. The van der Waals surface area contributed by atoms with Crippen molar-refractivity contribution >= 4 is 5.97 Å². The summed E-state index contributed by atoms with van der Waals surface area (Å²) in [6, 6.07) is 9.71. The molecule has 1 unspecified atom stereocenters. The lowest BCUT2D eigenvalue weighted by atomic mass is 9.88. The monoisotopic (exact) mass is 249 g/mol. The van der Waals surface area contributed by atoms with Crippen LogP contribution < -0.4 is 0 Å². The summed E-state index contributed by atoms with van der Waals surface area (Å²) in [4.78, 5) is 13.7. The molecule has 0 aliphatic heterocycles. The van der Waals surface area contributed by atoms with Crippen LogP contribution in [-0.2, 0) is 10.3 Å². The topological polar surface area (TPSA) is 40.5 Å². The highest BCUT2D eigenvalue weighted by Crippen LogP contribution is 2.30. The molecular formula is C15H23NO2. The van der Waals surface area contributed by atoms with Gasteiger partial charge in [-0.1, -0.05) is 44.2 Å². The maximum atomic E-state index is 11.8. The van der Waals surface area contributed by atoms with Crippen LogP contribution in [0.2, 0.25) is 0 Å². The zero-order chi connectivity index (χ0) is 13.8. The second-order valence-electron chi connectivity index (χ2n) is 4.82. The maximum Gasteiger partial charge on any atom is 0.328 e. The number of carbonyl (C=O) groups is 1. The minimum Gasteiger partial charge on any atom is -0.480 e. The van der Waals surface area contributed by atoms with Gasteiger partial charge in [-0.15, -0.1) is 0 Å². The molecule has 0 aliphatic carbocycles. The highest BCUT2D eigenvalue weighted by Gasteiger charge is 2.41. The third-order valence-electron chi connectivity index (χ3n) is 3.95. The first-order valence-corrected chi connectivity index (χ1v) is 6.50. The summed E-state index contributed by atoms with van der Waals surface area (Å²) in [7, 11) is 1.90. The maximum absolute atomic E-state index is 11.8. The molecule has 0 bridgehead atoms. The molecule has 0 saturated carbocycles. The van der Waals surface area contributed by atoms with E-state index in [1.165, 1.54) is 0 Å². The molecular weight excluding hydrogens is 226 g/mol. The molecule has 3 heteroatoms. The normalized spacial score (nSPS) is 14.8. The van der Waals surface area contributed by atoms with Crippen molar-refractivity contribution in [1.29, 1.82) is 0 Å². The summed E-state index contributed by atoms with van der Waals surface area (Å²) in [5.74, 6) is -0.803. The van der Waals surface area contributed by atoms with Crippen molar-refractivity contribution in [3.05, 3.63) is 35.9 Å². The van der Waals surface area contributed by atoms with Gasteiger partial charge < -0.3 is 5.11 Å². The SMILES string of the molecule is CCC(CC)N(C)C(C)(C(=O)O)c1ccccc1. The van der Waals surface area contributed by atoms with E-state index in [1.807, 2.05) is 42.3 Å². The van der Waals surface area contributed by atoms with E-state index in [0.29, 0.717) is 0 Å². The minimum atomic E-state index is -0.974. The van der Waals surface area contributed by atoms with Crippen molar-refractivity contribution in [2.75, 3.05) is 7.05 Å². The number of likely N-dealkylation sites (N-methyl/N-ethyl adjacent to an activating group) is 1. The van der Waals surface area contributed by atoms with Gasteiger partial charge in [0.1, 0.15) is 5.54 Å². The predicted molar refractivity (Wildman–Crippen MR) is 73.6 cm³/mol. The number of benzene rings is 1. The standard InChI is InChI=1S/C15H23NO2/c1-5-13(6-2)16(4)15(3,14(17)18)12-10-8-7-9-11-12/h7-11,13H,5-6H2,1-4H3,(H,17,18). The zero-order valence-corrected chi connectivity index (χ0v) is 11.7.